The molecule has 44 heteroatoms. The van der Waals surface area contributed by atoms with Crippen LogP contribution in [0.5, 0.6) is 0 Å². The molecule has 0 bridgehead atoms. The molecule has 0 radical (unpaired) electrons. The van der Waals surface area contributed by atoms with E-state index < -0.39 is 154 Å². The number of phosphoric ester groups is 4. The zero-order valence-electron chi connectivity index (χ0n) is 55.4. The number of phosphoric acid groups is 4. The van der Waals surface area contributed by atoms with Crippen LogP contribution in [0.15, 0.2) is 25.3 Å². The second kappa shape index (κ2) is 54.3. The van der Waals surface area contributed by atoms with Crippen molar-refractivity contribution in [3.8, 4) is 0 Å². The number of amides is 8. The van der Waals surface area contributed by atoms with Crippen molar-refractivity contribution < 1.29 is 199 Å². The maximum atomic E-state index is 12.7. The van der Waals surface area contributed by atoms with E-state index in [-0.39, 0.29) is 130 Å². The van der Waals surface area contributed by atoms with Gasteiger partial charge < -0.3 is 89.4 Å². The van der Waals surface area contributed by atoms with Crippen LogP contribution in [-0.4, -0.2) is 201 Å². The molecule has 0 aliphatic rings. The van der Waals surface area contributed by atoms with Gasteiger partial charge in [0.2, 0.25) is 23.6 Å². The summed E-state index contributed by atoms with van der Waals surface area (Å²) in [6.07, 6.45) is -0.458. The molecule has 0 saturated heterocycles. The Morgan fingerprint density at radius 2 is 0.667 bits per heavy atom. The standard InChI is InChI=1S/C21H40N4O15P2.C15H28N3O8P.C13H24NO7P.2Na/c1-13(39-17(5)28)19(24-15(3)26)11-37-41(31,32)35-9-7-22-21(30)23-8-10-36-42(33,34)38-12-20(25-16(4)27)14(2)40-18(6)29;1-6-8-23-27(22,24-9-7-17-15(21)16-5)25-10-14(18-12(3)19)11(2)26-13(4)20;1-6-8-19-22(17,18-7-2)20-9-13(14-11(4)15)10(3)21-12(5)16;;/h13-14,19-20H,7-12H2,1-6H3,(H,24,26)(H,25,27)(H,31,32)(H,33,34)(H2,22,23,30);6,11,14H,1,7-10H2,2-5H3,(H,18,19)(H2,16,17,21);6,10,13H,1,7-9H2,2-5H3,(H,14,15);;/q;;;2*+1/p-2/t;;10-,13-,22?;;/m..0../s1. The summed E-state index contributed by atoms with van der Waals surface area (Å²) in [6, 6.07) is -4.68. The summed E-state index contributed by atoms with van der Waals surface area (Å²) in [4.78, 5) is 136. The van der Waals surface area contributed by atoms with Crippen LogP contribution in [0.3, 0.4) is 0 Å². The number of rotatable bonds is 44. The van der Waals surface area contributed by atoms with Crippen molar-refractivity contribution in [3.63, 3.8) is 0 Å². The zero-order chi connectivity index (χ0) is 70.6. The summed E-state index contributed by atoms with van der Waals surface area (Å²) in [7, 11) is -16.1. The van der Waals surface area contributed by atoms with Crippen molar-refractivity contribution in [2.45, 2.75) is 139 Å². The van der Waals surface area contributed by atoms with Crippen molar-refractivity contribution in [2.75, 3.05) is 92.8 Å². The van der Waals surface area contributed by atoms with Gasteiger partial charge in [-0.3, -0.25) is 74.6 Å². The zero-order valence-corrected chi connectivity index (χ0v) is 63.0. The van der Waals surface area contributed by atoms with Gasteiger partial charge in [0.15, 0.2) is 0 Å². The summed E-state index contributed by atoms with van der Waals surface area (Å²) in [5.74, 6) is -4.10. The van der Waals surface area contributed by atoms with E-state index in [0.29, 0.717) is 0 Å². The Hall–Kier alpha value is -3.78. The van der Waals surface area contributed by atoms with Crippen LogP contribution in [0.2, 0.25) is 0 Å². The maximum Gasteiger partial charge on any atom is 1.00 e. The van der Waals surface area contributed by atoms with E-state index in [1.807, 2.05) is 0 Å². The van der Waals surface area contributed by atoms with Gasteiger partial charge in [0.1, 0.15) is 24.4 Å². The molecule has 0 aromatic carbocycles. The Kier molecular flexibility index (Phi) is 57.1. The Morgan fingerprint density at radius 1 is 0.409 bits per heavy atom. The fourth-order valence-corrected chi connectivity index (χ4v) is 9.95. The molecule has 8 amide bonds. The predicted octanol–water partition coefficient (Wildman–Crippen LogP) is -5.27. The van der Waals surface area contributed by atoms with Crippen molar-refractivity contribution in [3.05, 3.63) is 25.3 Å². The van der Waals surface area contributed by atoms with Gasteiger partial charge in [0.05, 0.1) is 90.2 Å². The van der Waals surface area contributed by atoms with Crippen LogP contribution >= 0.6 is 31.3 Å². The first-order valence-electron chi connectivity index (χ1n) is 27.4. The normalized spacial score (nSPS) is 15.7. The van der Waals surface area contributed by atoms with Gasteiger partial charge >= 0.3 is 111 Å². The summed E-state index contributed by atoms with van der Waals surface area (Å²) in [5.41, 5.74) is 0. The number of urea groups is 2. The molecule has 0 heterocycles. The average Bonchev–Trinajstić information content (AvgIpc) is 1.90. The van der Waals surface area contributed by atoms with E-state index in [1.54, 1.807) is 20.8 Å². The topological polar surface area (TPSA) is 511 Å². The van der Waals surface area contributed by atoms with E-state index in [2.05, 4.69) is 64.7 Å². The summed E-state index contributed by atoms with van der Waals surface area (Å²) >= 11 is 0. The minimum absolute atomic E-state index is 0. The van der Waals surface area contributed by atoms with Crippen LogP contribution < -0.4 is 111 Å². The summed E-state index contributed by atoms with van der Waals surface area (Å²) in [6.45, 7) is 20.8. The number of nitrogens with one attached hydrogen (secondary N) is 8. The third-order valence-electron chi connectivity index (χ3n) is 10.0. The number of hydrogen-bond donors (Lipinski definition) is 8. The summed E-state index contributed by atoms with van der Waals surface area (Å²) < 4.78 is 118. The second-order valence-corrected chi connectivity index (χ2v) is 24.4. The Morgan fingerprint density at radius 3 is 0.914 bits per heavy atom. The predicted molar refractivity (Wildman–Crippen MR) is 315 cm³/mol. The average molecular weight is 1440 g/mol. The third kappa shape index (κ3) is 56.0. The minimum Gasteiger partial charge on any atom is -0.756 e. The molecule has 0 aromatic heterocycles. The number of hydrogen-bond acceptors (Lipinski definition) is 30. The van der Waals surface area contributed by atoms with Gasteiger partial charge in [-0.25, -0.2) is 18.7 Å². The van der Waals surface area contributed by atoms with Crippen molar-refractivity contribution in [1.82, 2.24) is 42.5 Å². The van der Waals surface area contributed by atoms with Gasteiger partial charge in [-0.2, -0.15) is 0 Å². The van der Waals surface area contributed by atoms with E-state index in [1.165, 1.54) is 74.6 Å². The van der Waals surface area contributed by atoms with E-state index in [0.717, 1.165) is 13.8 Å². The molecular weight excluding hydrogens is 1350 g/mol. The molecule has 93 heavy (non-hydrogen) atoms. The minimum atomic E-state index is -4.86. The molecule has 12 atom stereocenters. The van der Waals surface area contributed by atoms with Crippen LogP contribution in [-0.2, 0) is 121 Å². The van der Waals surface area contributed by atoms with E-state index >= 15 is 0 Å². The molecule has 0 aromatic rings. The Labute approximate surface area is 585 Å². The van der Waals surface area contributed by atoms with Gasteiger partial charge in [-0.15, -0.1) is 13.2 Å². The van der Waals surface area contributed by atoms with Crippen molar-refractivity contribution in [1.29, 1.82) is 0 Å². The fraction of sp³-hybridized carbons (Fsp3) is 0.714. The number of ether oxygens (including phenoxy) is 4. The molecule has 0 fully saturated rings. The molecule has 8 N–H and O–H groups in total. The van der Waals surface area contributed by atoms with Crippen LogP contribution in [0, 0.1) is 0 Å². The third-order valence-corrected chi connectivity index (χ3v) is 14.9. The first-order valence-corrected chi connectivity index (χ1v) is 33.3. The van der Waals surface area contributed by atoms with Crippen LogP contribution in [0.25, 0.3) is 0 Å². The van der Waals surface area contributed by atoms with Crippen LogP contribution in [0.1, 0.15) is 90.0 Å². The SMILES string of the molecule is C=CCOP(=O)(OCC)OC[C@H](NC(C)=O)[C@H](C)OC(C)=O.C=CCOP(=O)(OCCNC(=O)NC)OCC(NC(C)=O)C(C)OC(C)=O.CC(=O)NC(COP(=O)([O-])OCCNC(=O)NCCOP(=O)([O-])OCC(NC(C)=O)C(C)OC(C)=O)C(C)OC(C)=O.[Na+].[Na+]. The van der Waals surface area contributed by atoms with Crippen molar-refractivity contribution in [2.24, 2.45) is 0 Å². The fourth-order valence-electron chi connectivity index (χ4n) is 6.15. The molecule has 0 rings (SSSR count). The molecule has 0 aliphatic heterocycles. The Balaban J connectivity index is -0.000000438. The summed E-state index contributed by atoms with van der Waals surface area (Å²) in [5, 5.41) is 19.2. The van der Waals surface area contributed by atoms with E-state index in [4.69, 9.17) is 55.1 Å². The molecule has 0 aliphatic carbocycles. The number of carbonyl (C=O) groups excluding carboxylic acids is 10. The monoisotopic (exact) mass is 1440 g/mol. The number of esters is 4. The quantitative estimate of drug-likeness (QED) is 0.00705. The van der Waals surface area contributed by atoms with Gasteiger partial charge in [0, 0.05) is 82.1 Å². The number of carbonyl (C=O) groups is 10. The first kappa shape index (κ1) is 97.9. The smallest absolute Gasteiger partial charge is 0.756 e. The first-order chi connectivity index (χ1) is 42.2. The maximum absolute atomic E-state index is 12.7. The largest absolute Gasteiger partial charge is 1.00 e. The molecule has 10 unspecified atom stereocenters. The molecular formula is C49H90N8Na2O30P4. The van der Waals surface area contributed by atoms with Gasteiger partial charge in [0.25, 0.3) is 15.6 Å². The molecule has 528 valence electrons. The second-order valence-electron chi connectivity index (χ2n) is 18.2. The van der Waals surface area contributed by atoms with Gasteiger partial charge in [-0.1, -0.05) is 12.2 Å². The molecule has 0 spiro atoms. The van der Waals surface area contributed by atoms with Crippen LogP contribution in [0.4, 0.5) is 9.59 Å². The molecule has 38 nitrogen and oxygen atoms in total. The van der Waals surface area contributed by atoms with Gasteiger partial charge in [-0.05, 0) is 34.6 Å². The molecule has 0 saturated carbocycles. The van der Waals surface area contributed by atoms with E-state index in [9.17, 15) is 76.0 Å². The Bertz CT molecular complexity index is 2440. The van der Waals surface area contributed by atoms with Crippen molar-refractivity contribution >= 4 is 90.9 Å².